The smallest absolute Gasteiger partial charge is 0.433 e. The number of halogens is 3. The Morgan fingerprint density at radius 3 is 2.64 bits per heavy atom. The molecule has 5 rings (SSSR count). The van der Waals surface area contributed by atoms with E-state index in [0.29, 0.717) is 34.0 Å². The Balaban J connectivity index is 1.68. The number of carbonyl (C=O) groups is 2. The highest BCUT2D eigenvalue weighted by Crippen LogP contribution is 2.44. The maximum Gasteiger partial charge on any atom is 0.433 e. The van der Waals surface area contributed by atoms with E-state index in [1.807, 2.05) is 0 Å². The van der Waals surface area contributed by atoms with Crippen molar-refractivity contribution in [1.82, 2.24) is 25.0 Å². The number of carbonyl (C=O) groups excluding carboxylic acids is 2. The van der Waals surface area contributed by atoms with Gasteiger partial charge in [0.05, 0.1) is 18.1 Å². The van der Waals surface area contributed by atoms with Gasteiger partial charge in [0, 0.05) is 29.8 Å². The van der Waals surface area contributed by atoms with E-state index >= 15 is 0 Å². The third-order valence-corrected chi connectivity index (χ3v) is 6.64. The van der Waals surface area contributed by atoms with Crippen molar-refractivity contribution < 1.29 is 27.2 Å². The van der Waals surface area contributed by atoms with Crippen LogP contribution in [0.15, 0.2) is 41.1 Å². The number of nitrogens with two attached hydrogens (primary N) is 1. The number of amides is 2. The van der Waals surface area contributed by atoms with Crippen LogP contribution < -0.4 is 11.1 Å². The van der Waals surface area contributed by atoms with E-state index in [9.17, 15) is 22.8 Å². The fraction of sp³-hybridized carbons (Fsp3) is 0.136. The molecule has 0 atom stereocenters. The number of fused-ring (bicyclic) bond motifs is 1. The molecule has 5 aromatic heterocycles. The lowest BCUT2D eigenvalue weighted by Gasteiger charge is -2.12. The van der Waals surface area contributed by atoms with Crippen molar-refractivity contribution in [1.29, 1.82) is 0 Å². The molecule has 0 saturated carbocycles. The Kier molecular flexibility index (Phi) is 5.39. The molecule has 0 aliphatic carbocycles. The van der Waals surface area contributed by atoms with Crippen LogP contribution in [0.1, 0.15) is 31.5 Å². The number of nitrogens with zero attached hydrogens (tertiary/aromatic N) is 4. The maximum atomic E-state index is 13.7. The summed E-state index contributed by atoms with van der Waals surface area (Å²) in [5, 5.41) is 13.5. The minimum atomic E-state index is -4.75. The van der Waals surface area contributed by atoms with Gasteiger partial charge in [-0.25, -0.2) is 4.98 Å². The lowest BCUT2D eigenvalue weighted by Crippen LogP contribution is -2.17. The van der Waals surface area contributed by atoms with Crippen molar-refractivity contribution in [2.75, 3.05) is 5.32 Å². The van der Waals surface area contributed by atoms with Gasteiger partial charge in [-0.1, -0.05) is 0 Å². The number of rotatable bonds is 5. The molecule has 0 aliphatic rings. The molecule has 0 saturated heterocycles. The van der Waals surface area contributed by atoms with Crippen LogP contribution in [0.2, 0.25) is 0 Å². The van der Waals surface area contributed by atoms with Gasteiger partial charge in [0.25, 0.3) is 11.8 Å². The van der Waals surface area contributed by atoms with Crippen molar-refractivity contribution in [2.45, 2.75) is 13.1 Å². The Bertz CT molecular complexity index is 1630. The summed E-state index contributed by atoms with van der Waals surface area (Å²) in [6, 6.07) is 5.62. The molecule has 0 spiro atoms. The Labute approximate surface area is 203 Å². The lowest BCUT2D eigenvalue weighted by atomic mass is 10.0. The zero-order chi connectivity index (χ0) is 25.8. The Morgan fingerprint density at radius 1 is 1.25 bits per heavy atom. The molecule has 10 nitrogen and oxygen atoms in total. The maximum absolute atomic E-state index is 13.7. The molecular weight excluding hydrogens is 499 g/mol. The van der Waals surface area contributed by atoms with Crippen LogP contribution in [0.25, 0.3) is 32.8 Å². The van der Waals surface area contributed by atoms with Crippen molar-refractivity contribution in [2.24, 2.45) is 12.8 Å². The van der Waals surface area contributed by atoms with Crippen LogP contribution in [0.3, 0.4) is 0 Å². The summed E-state index contributed by atoms with van der Waals surface area (Å²) in [6.45, 7) is 1.68. The van der Waals surface area contributed by atoms with Crippen LogP contribution >= 0.6 is 11.3 Å². The molecule has 2 amide bonds. The minimum absolute atomic E-state index is 0.0462. The number of pyridine rings is 1. The van der Waals surface area contributed by atoms with Gasteiger partial charge in [-0.15, -0.1) is 11.3 Å². The highest BCUT2D eigenvalue weighted by atomic mass is 32.1. The normalized spacial score (nSPS) is 11.8. The first-order valence-electron chi connectivity index (χ1n) is 10.3. The van der Waals surface area contributed by atoms with Crippen molar-refractivity contribution in [3.8, 4) is 22.6 Å². The van der Waals surface area contributed by atoms with E-state index < -0.39 is 23.7 Å². The monoisotopic (exact) mass is 515 g/mol. The van der Waals surface area contributed by atoms with E-state index in [-0.39, 0.29) is 32.0 Å². The molecular formula is C22H16F3N7O3S. The number of H-pyrrole nitrogens is 1. The van der Waals surface area contributed by atoms with E-state index in [1.165, 1.54) is 23.2 Å². The number of thiophene rings is 1. The molecule has 0 aromatic carbocycles. The number of primary amides is 1. The fourth-order valence-corrected chi connectivity index (χ4v) is 4.69. The summed E-state index contributed by atoms with van der Waals surface area (Å²) >= 11 is 0.653. The Morgan fingerprint density at radius 2 is 2.03 bits per heavy atom. The third kappa shape index (κ3) is 3.90. The molecule has 0 unspecified atom stereocenters. The number of alkyl halides is 3. The summed E-state index contributed by atoms with van der Waals surface area (Å²) < 4.78 is 47.8. The highest BCUT2D eigenvalue weighted by Gasteiger charge is 2.35. The van der Waals surface area contributed by atoms with E-state index in [2.05, 4.69) is 25.6 Å². The summed E-state index contributed by atoms with van der Waals surface area (Å²) in [5.41, 5.74) is 5.73. The summed E-state index contributed by atoms with van der Waals surface area (Å²) in [5.74, 6) is -1.22. The first kappa shape index (κ1) is 23.3. The van der Waals surface area contributed by atoms with Gasteiger partial charge in [-0.3, -0.25) is 19.4 Å². The van der Waals surface area contributed by atoms with Crippen molar-refractivity contribution in [3.63, 3.8) is 0 Å². The predicted molar refractivity (Wildman–Crippen MR) is 124 cm³/mol. The second-order valence-corrected chi connectivity index (χ2v) is 8.77. The second-order valence-electron chi connectivity index (χ2n) is 7.77. The van der Waals surface area contributed by atoms with Crippen LogP contribution in [0, 0.1) is 6.92 Å². The molecule has 14 heteroatoms. The minimum Gasteiger partial charge on any atom is -0.463 e. The molecule has 184 valence electrons. The quantitative estimate of drug-likeness (QED) is 0.317. The lowest BCUT2D eigenvalue weighted by molar-refractivity contribution is -0.140. The first-order valence-corrected chi connectivity index (χ1v) is 11.1. The van der Waals surface area contributed by atoms with Gasteiger partial charge in [-0.2, -0.15) is 23.4 Å². The molecule has 5 heterocycles. The molecule has 5 aromatic rings. The molecule has 0 aliphatic heterocycles. The molecule has 0 radical (unpaired) electrons. The standard InChI is InChI=1S/C22H16F3N7O3S/c1-9-11(8-27-32(9)2)10-6-15(22(23,24)25)28-21-16(10)17(18(36-21)19(26)33)29-20(34)13-7-12(30-31-13)14-4-3-5-35-14/h3-8H,1-2H3,(H2,26,33)(H,29,34)(H,30,31). The molecule has 4 N–H and O–H groups in total. The highest BCUT2D eigenvalue weighted by molar-refractivity contribution is 7.21. The first-order chi connectivity index (χ1) is 17.0. The average molecular weight is 515 g/mol. The number of aryl methyl sites for hydroxylation is 1. The van der Waals surface area contributed by atoms with Crippen LogP contribution in [0.4, 0.5) is 18.9 Å². The van der Waals surface area contributed by atoms with Gasteiger partial charge in [0.15, 0.2) is 11.5 Å². The van der Waals surface area contributed by atoms with Crippen molar-refractivity contribution >= 4 is 39.1 Å². The molecule has 0 bridgehead atoms. The van der Waals surface area contributed by atoms with Crippen LogP contribution in [0.5, 0.6) is 0 Å². The van der Waals surface area contributed by atoms with E-state index in [1.54, 1.807) is 26.1 Å². The number of hydrogen-bond acceptors (Lipinski definition) is 7. The van der Waals surface area contributed by atoms with Gasteiger partial charge in [0.1, 0.15) is 21.1 Å². The summed E-state index contributed by atoms with van der Waals surface area (Å²) in [6.07, 6.45) is -1.89. The topological polar surface area (TPSA) is 145 Å². The number of nitrogens with one attached hydrogen (secondary N) is 2. The number of furan rings is 1. The number of hydrogen-bond donors (Lipinski definition) is 3. The van der Waals surface area contributed by atoms with Gasteiger partial charge < -0.3 is 15.5 Å². The van der Waals surface area contributed by atoms with Gasteiger partial charge in [-0.05, 0) is 30.7 Å². The Hall–Kier alpha value is -4.46. The van der Waals surface area contributed by atoms with Gasteiger partial charge in [0.2, 0.25) is 0 Å². The summed E-state index contributed by atoms with van der Waals surface area (Å²) in [7, 11) is 1.64. The number of anilines is 1. The second kappa shape index (κ2) is 8.34. The number of aromatic nitrogens is 5. The zero-order valence-corrected chi connectivity index (χ0v) is 19.4. The number of aromatic amines is 1. The molecule has 36 heavy (non-hydrogen) atoms. The average Bonchev–Trinajstić information content (AvgIpc) is 3.60. The summed E-state index contributed by atoms with van der Waals surface area (Å²) in [4.78, 5) is 28.8. The van der Waals surface area contributed by atoms with Crippen LogP contribution in [-0.4, -0.2) is 36.8 Å². The zero-order valence-electron chi connectivity index (χ0n) is 18.6. The SMILES string of the molecule is Cc1c(-c2cc(C(F)(F)F)nc3sc(C(N)=O)c(NC(=O)c4cc(-c5ccco5)[nH]n4)c23)cnn1C. The van der Waals surface area contributed by atoms with E-state index in [4.69, 9.17) is 10.2 Å². The van der Waals surface area contributed by atoms with Crippen molar-refractivity contribution in [3.05, 3.63) is 58.7 Å². The van der Waals surface area contributed by atoms with E-state index in [0.717, 1.165) is 6.07 Å². The van der Waals surface area contributed by atoms with Crippen LogP contribution in [-0.2, 0) is 13.2 Å². The largest absolute Gasteiger partial charge is 0.463 e. The van der Waals surface area contributed by atoms with Gasteiger partial charge >= 0.3 is 6.18 Å². The third-order valence-electron chi connectivity index (χ3n) is 5.54. The fourth-order valence-electron chi connectivity index (χ4n) is 3.69. The molecule has 0 fully saturated rings. The predicted octanol–water partition coefficient (Wildman–Crippen LogP) is 4.36.